The van der Waals surface area contributed by atoms with Crippen LogP contribution in [0.25, 0.3) is 11.5 Å². The van der Waals surface area contributed by atoms with Crippen LogP contribution in [0.3, 0.4) is 0 Å². The Labute approximate surface area is 110 Å². The SMILES string of the molecule is CC(C)c1noc(-c2cc(F)c(F)cc2C(C)C)n1. The predicted octanol–water partition coefficient (Wildman–Crippen LogP) is 4.26. The molecule has 0 aliphatic heterocycles. The van der Waals surface area contributed by atoms with Crippen molar-refractivity contribution >= 4 is 0 Å². The van der Waals surface area contributed by atoms with Crippen molar-refractivity contribution in [3.63, 3.8) is 0 Å². The van der Waals surface area contributed by atoms with Crippen molar-refractivity contribution in [2.75, 3.05) is 0 Å². The lowest BCUT2D eigenvalue weighted by atomic mass is 9.96. The zero-order valence-electron chi connectivity index (χ0n) is 11.4. The minimum Gasteiger partial charge on any atom is -0.334 e. The largest absolute Gasteiger partial charge is 0.334 e. The van der Waals surface area contributed by atoms with Crippen LogP contribution in [0.4, 0.5) is 8.78 Å². The van der Waals surface area contributed by atoms with Gasteiger partial charge in [-0.05, 0) is 23.6 Å². The van der Waals surface area contributed by atoms with Crippen molar-refractivity contribution in [2.24, 2.45) is 0 Å². The standard InChI is InChI=1S/C14H16F2N2O/c1-7(2)9-5-11(15)12(16)6-10(9)14-17-13(8(3)4)18-19-14/h5-8H,1-4H3. The monoisotopic (exact) mass is 266 g/mol. The lowest BCUT2D eigenvalue weighted by Gasteiger charge is -2.10. The van der Waals surface area contributed by atoms with Crippen LogP contribution in [0.5, 0.6) is 0 Å². The zero-order chi connectivity index (χ0) is 14.2. The number of hydrogen-bond donors (Lipinski definition) is 0. The van der Waals surface area contributed by atoms with Gasteiger partial charge in [-0.3, -0.25) is 0 Å². The van der Waals surface area contributed by atoms with E-state index in [1.54, 1.807) is 0 Å². The van der Waals surface area contributed by atoms with Crippen molar-refractivity contribution in [2.45, 2.75) is 39.5 Å². The Morgan fingerprint density at radius 1 is 1.00 bits per heavy atom. The highest BCUT2D eigenvalue weighted by atomic mass is 19.2. The van der Waals surface area contributed by atoms with Gasteiger partial charge in [0.15, 0.2) is 17.5 Å². The maximum atomic E-state index is 13.4. The smallest absolute Gasteiger partial charge is 0.258 e. The fraction of sp³-hybridized carbons (Fsp3) is 0.429. The maximum Gasteiger partial charge on any atom is 0.258 e. The molecular formula is C14H16F2N2O. The van der Waals surface area contributed by atoms with Crippen LogP contribution in [0.15, 0.2) is 16.7 Å². The molecular weight excluding hydrogens is 250 g/mol. The van der Waals surface area contributed by atoms with Gasteiger partial charge in [-0.15, -0.1) is 0 Å². The summed E-state index contributed by atoms with van der Waals surface area (Å²) >= 11 is 0. The molecule has 102 valence electrons. The summed E-state index contributed by atoms with van der Waals surface area (Å²) in [6.07, 6.45) is 0. The minimum absolute atomic E-state index is 0.0273. The molecule has 0 amide bonds. The summed E-state index contributed by atoms with van der Waals surface area (Å²) in [5, 5.41) is 3.84. The Kier molecular flexibility index (Phi) is 3.64. The summed E-state index contributed by atoms with van der Waals surface area (Å²) in [7, 11) is 0. The Bertz CT molecular complexity index is 591. The van der Waals surface area contributed by atoms with E-state index in [-0.39, 0.29) is 17.7 Å². The molecule has 1 heterocycles. The molecule has 1 aromatic carbocycles. The molecule has 1 aromatic heterocycles. The third-order valence-corrected chi connectivity index (χ3v) is 2.90. The Hall–Kier alpha value is -1.78. The van der Waals surface area contributed by atoms with E-state index >= 15 is 0 Å². The number of rotatable bonds is 3. The number of aromatic nitrogens is 2. The molecule has 2 aromatic rings. The third-order valence-electron chi connectivity index (χ3n) is 2.90. The second-order valence-electron chi connectivity index (χ2n) is 5.12. The molecule has 2 rings (SSSR count). The highest BCUT2D eigenvalue weighted by molar-refractivity contribution is 5.59. The Morgan fingerprint density at radius 2 is 1.63 bits per heavy atom. The van der Waals surface area contributed by atoms with E-state index in [4.69, 9.17) is 4.52 Å². The second kappa shape index (κ2) is 5.07. The molecule has 5 heteroatoms. The first-order valence-corrected chi connectivity index (χ1v) is 6.23. The number of halogens is 2. The molecule has 19 heavy (non-hydrogen) atoms. The molecule has 0 fully saturated rings. The average molecular weight is 266 g/mol. The van der Waals surface area contributed by atoms with Crippen LogP contribution in [0.1, 0.15) is 50.9 Å². The zero-order valence-corrected chi connectivity index (χ0v) is 11.4. The first-order valence-electron chi connectivity index (χ1n) is 6.23. The minimum atomic E-state index is -0.913. The molecule has 0 aliphatic carbocycles. The second-order valence-corrected chi connectivity index (χ2v) is 5.12. The highest BCUT2D eigenvalue weighted by Crippen LogP contribution is 2.30. The molecule has 3 nitrogen and oxygen atoms in total. The lowest BCUT2D eigenvalue weighted by molar-refractivity contribution is 0.418. The first kappa shape index (κ1) is 13.6. The Balaban J connectivity index is 2.56. The summed E-state index contributed by atoms with van der Waals surface area (Å²) in [6, 6.07) is 2.30. The van der Waals surface area contributed by atoms with Gasteiger partial charge in [0.1, 0.15) is 0 Å². The van der Waals surface area contributed by atoms with Gasteiger partial charge in [0, 0.05) is 11.5 Å². The molecule has 0 unspecified atom stereocenters. The fourth-order valence-electron chi connectivity index (χ4n) is 1.80. The van der Waals surface area contributed by atoms with E-state index in [9.17, 15) is 8.78 Å². The van der Waals surface area contributed by atoms with Gasteiger partial charge >= 0.3 is 0 Å². The van der Waals surface area contributed by atoms with Crippen molar-refractivity contribution < 1.29 is 13.3 Å². The number of nitrogens with zero attached hydrogens (tertiary/aromatic N) is 2. The first-order chi connectivity index (χ1) is 8.90. The van der Waals surface area contributed by atoms with Crippen molar-refractivity contribution in [3.8, 4) is 11.5 Å². The fourth-order valence-corrected chi connectivity index (χ4v) is 1.80. The highest BCUT2D eigenvalue weighted by Gasteiger charge is 2.19. The van der Waals surface area contributed by atoms with Gasteiger partial charge in [0.05, 0.1) is 0 Å². The summed E-state index contributed by atoms with van der Waals surface area (Å²) in [6.45, 7) is 7.66. The summed E-state index contributed by atoms with van der Waals surface area (Å²) in [5.41, 5.74) is 1.10. The van der Waals surface area contributed by atoms with Crippen LogP contribution in [-0.4, -0.2) is 10.1 Å². The van der Waals surface area contributed by atoms with Crippen LogP contribution in [0.2, 0.25) is 0 Å². The van der Waals surface area contributed by atoms with E-state index in [2.05, 4.69) is 10.1 Å². The third kappa shape index (κ3) is 2.64. The van der Waals surface area contributed by atoms with Crippen molar-refractivity contribution in [1.29, 1.82) is 0 Å². The molecule has 0 N–H and O–H groups in total. The van der Waals surface area contributed by atoms with Gasteiger partial charge in [0.25, 0.3) is 5.89 Å². The van der Waals surface area contributed by atoms with E-state index in [0.29, 0.717) is 17.0 Å². The van der Waals surface area contributed by atoms with Gasteiger partial charge in [0.2, 0.25) is 0 Å². The normalized spacial score (nSPS) is 11.6. The van der Waals surface area contributed by atoms with Gasteiger partial charge in [-0.25, -0.2) is 8.78 Å². The van der Waals surface area contributed by atoms with Gasteiger partial charge in [-0.2, -0.15) is 4.98 Å². The Morgan fingerprint density at radius 3 is 2.16 bits per heavy atom. The van der Waals surface area contributed by atoms with E-state index in [1.807, 2.05) is 27.7 Å². The molecule has 0 atom stereocenters. The van der Waals surface area contributed by atoms with Crippen LogP contribution in [-0.2, 0) is 0 Å². The van der Waals surface area contributed by atoms with Crippen molar-refractivity contribution in [3.05, 3.63) is 35.2 Å². The summed E-state index contributed by atoms with van der Waals surface area (Å²) in [4.78, 5) is 4.23. The quantitative estimate of drug-likeness (QED) is 0.833. The van der Waals surface area contributed by atoms with Crippen LogP contribution >= 0.6 is 0 Å². The maximum absolute atomic E-state index is 13.4. The molecule has 0 spiro atoms. The summed E-state index contributed by atoms with van der Waals surface area (Å²) in [5.74, 6) is -0.856. The summed E-state index contributed by atoms with van der Waals surface area (Å²) < 4.78 is 31.9. The van der Waals surface area contributed by atoms with Gasteiger partial charge in [-0.1, -0.05) is 32.9 Å². The van der Waals surface area contributed by atoms with E-state index in [0.717, 1.165) is 6.07 Å². The topological polar surface area (TPSA) is 38.9 Å². The van der Waals surface area contributed by atoms with Gasteiger partial charge < -0.3 is 4.52 Å². The van der Waals surface area contributed by atoms with Crippen molar-refractivity contribution in [1.82, 2.24) is 10.1 Å². The lowest BCUT2D eigenvalue weighted by Crippen LogP contribution is -1.97. The predicted molar refractivity (Wildman–Crippen MR) is 67.8 cm³/mol. The molecule has 0 bridgehead atoms. The number of hydrogen-bond acceptors (Lipinski definition) is 3. The molecule has 0 radical (unpaired) electrons. The molecule has 0 saturated carbocycles. The molecule has 0 aliphatic rings. The number of benzene rings is 1. The van der Waals surface area contributed by atoms with Crippen LogP contribution in [0, 0.1) is 11.6 Å². The average Bonchev–Trinajstić information content (AvgIpc) is 2.81. The van der Waals surface area contributed by atoms with E-state index < -0.39 is 11.6 Å². The van der Waals surface area contributed by atoms with Crippen LogP contribution < -0.4 is 0 Å². The molecule has 0 saturated heterocycles. The van der Waals surface area contributed by atoms with E-state index in [1.165, 1.54) is 6.07 Å².